The van der Waals surface area contributed by atoms with Gasteiger partial charge in [-0.25, -0.2) is 4.79 Å². The Bertz CT molecular complexity index is 510. The van der Waals surface area contributed by atoms with Crippen LogP contribution in [0, 0.1) is 0 Å². The molecule has 0 radical (unpaired) electrons. The van der Waals surface area contributed by atoms with Gasteiger partial charge in [0.2, 0.25) is 0 Å². The van der Waals surface area contributed by atoms with Crippen LogP contribution in [0.15, 0.2) is 30.1 Å². The first kappa shape index (κ1) is 15.6. The number of carbonyl (C=O) groups is 1. The molecule has 1 aromatic rings. The maximum Gasteiger partial charge on any atom is 0.351 e. The van der Waals surface area contributed by atoms with Crippen molar-refractivity contribution in [2.45, 2.75) is 13.8 Å². The molecule has 0 amide bonds. The Morgan fingerprint density at radius 3 is 2.63 bits per heavy atom. The van der Waals surface area contributed by atoms with Crippen molar-refractivity contribution in [3.05, 3.63) is 41.2 Å². The van der Waals surface area contributed by atoms with Gasteiger partial charge in [-0.1, -0.05) is 18.2 Å². The first-order chi connectivity index (χ1) is 9.00. The lowest BCUT2D eigenvalue weighted by atomic mass is 10.1. The van der Waals surface area contributed by atoms with E-state index >= 15 is 0 Å². The molecule has 0 aliphatic rings. The minimum atomic E-state index is -3.76. The van der Waals surface area contributed by atoms with Crippen molar-refractivity contribution in [1.29, 1.82) is 0 Å². The number of esters is 1. The molecule has 0 saturated carbocycles. The lowest BCUT2D eigenvalue weighted by Gasteiger charge is -2.07. The van der Waals surface area contributed by atoms with Gasteiger partial charge in [0.15, 0.2) is 0 Å². The summed E-state index contributed by atoms with van der Waals surface area (Å²) in [4.78, 5) is 21.1. The van der Waals surface area contributed by atoms with Crippen molar-refractivity contribution in [2.24, 2.45) is 0 Å². The third-order valence-corrected chi connectivity index (χ3v) is 3.37. The molecule has 0 aliphatic carbocycles. The van der Waals surface area contributed by atoms with E-state index < -0.39 is 13.6 Å². The van der Waals surface area contributed by atoms with Crippen molar-refractivity contribution >= 4 is 19.6 Å². The van der Waals surface area contributed by atoms with E-state index in [1.54, 1.807) is 38.1 Å². The molecule has 19 heavy (non-hydrogen) atoms. The number of hydrogen-bond acceptors (Lipinski definition) is 4. The van der Waals surface area contributed by atoms with Gasteiger partial charge < -0.3 is 14.2 Å². The lowest BCUT2D eigenvalue weighted by molar-refractivity contribution is 0.0526. The topological polar surface area (TPSA) is 72.8 Å². The Balaban J connectivity index is 2.99. The maximum atomic E-state index is 11.7. The van der Waals surface area contributed by atoms with E-state index in [2.05, 4.69) is 0 Å². The predicted molar refractivity (Wildman–Crippen MR) is 72.9 cm³/mol. The summed E-state index contributed by atoms with van der Waals surface area (Å²) in [6.45, 7) is 3.75. The Kier molecular flexibility index (Phi) is 5.96. The van der Waals surface area contributed by atoms with Crippen LogP contribution in [-0.4, -0.2) is 24.1 Å². The number of benzene rings is 1. The Morgan fingerprint density at radius 1 is 1.32 bits per heavy atom. The molecule has 0 heterocycles. The summed E-state index contributed by atoms with van der Waals surface area (Å²) in [6.07, 6.45) is 1.39. The van der Waals surface area contributed by atoms with E-state index in [0.29, 0.717) is 11.1 Å². The van der Waals surface area contributed by atoms with Crippen molar-refractivity contribution in [2.75, 3.05) is 13.2 Å². The fourth-order valence-electron chi connectivity index (χ4n) is 1.44. The molecular weight excluding hydrogens is 267 g/mol. The van der Waals surface area contributed by atoms with Gasteiger partial charge in [0.05, 0.1) is 18.8 Å². The van der Waals surface area contributed by atoms with Crippen LogP contribution >= 0.6 is 7.60 Å². The zero-order valence-electron chi connectivity index (χ0n) is 10.9. The third-order valence-electron chi connectivity index (χ3n) is 2.21. The van der Waals surface area contributed by atoms with Crippen LogP contribution in [0.1, 0.15) is 29.8 Å². The second-order valence-electron chi connectivity index (χ2n) is 3.61. The van der Waals surface area contributed by atoms with E-state index in [1.807, 2.05) is 0 Å². The van der Waals surface area contributed by atoms with E-state index in [-0.39, 0.29) is 13.2 Å². The lowest BCUT2D eigenvalue weighted by Crippen LogP contribution is -2.06. The molecule has 1 atom stereocenters. The van der Waals surface area contributed by atoms with E-state index in [0.717, 1.165) is 5.82 Å². The normalized spacial score (nSPS) is 14.3. The van der Waals surface area contributed by atoms with Gasteiger partial charge in [-0.15, -0.1) is 0 Å². The fraction of sp³-hybridized carbons (Fsp3) is 0.308. The van der Waals surface area contributed by atoms with Crippen molar-refractivity contribution in [3.8, 4) is 0 Å². The molecule has 6 heteroatoms. The summed E-state index contributed by atoms with van der Waals surface area (Å²) < 4.78 is 21.1. The summed E-state index contributed by atoms with van der Waals surface area (Å²) in [5.74, 6) is 0.598. The molecule has 0 bridgehead atoms. The average Bonchev–Trinajstić information content (AvgIpc) is 2.37. The number of carbonyl (C=O) groups excluding carboxylic acids is 1. The molecule has 1 rings (SSSR count). The van der Waals surface area contributed by atoms with Crippen LogP contribution in [0.5, 0.6) is 0 Å². The molecule has 0 saturated heterocycles. The van der Waals surface area contributed by atoms with Crippen LogP contribution in [0.25, 0.3) is 6.08 Å². The minimum Gasteiger partial charge on any atom is -0.462 e. The highest BCUT2D eigenvalue weighted by Crippen LogP contribution is 2.43. The molecule has 0 spiro atoms. The van der Waals surface area contributed by atoms with Crippen molar-refractivity contribution in [3.63, 3.8) is 0 Å². The maximum absolute atomic E-state index is 11.7. The monoisotopic (exact) mass is 284 g/mol. The zero-order chi connectivity index (χ0) is 14.3. The minimum absolute atomic E-state index is 0.137. The smallest absolute Gasteiger partial charge is 0.351 e. The number of hydrogen-bond donors (Lipinski definition) is 1. The van der Waals surface area contributed by atoms with Crippen LogP contribution in [0.2, 0.25) is 0 Å². The van der Waals surface area contributed by atoms with Gasteiger partial charge in [0, 0.05) is 5.82 Å². The standard InChI is InChI=1S/C13H17O5P/c1-3-17-13(14)12-8-6-5-7-11(12)9-10-19(15,16)18-4-2/h5-10H,3-4H2,1-2H3,(H,15,16). The third kappa shape index (κ3) is 4.99. The quantitative estimate of drug-likeness (QED) is 0.642. The molecular formula is C13H17O5P. The average molecular weight is 284 g/mol. The molecule has 1 N–H and O–H groups in total. The molecule has 0 aliphatic heterocycles. The van der Waals surface area contributed by atoms with Gasteiger partial charge in [-0.3, -0.25) is 4.57 Å². The molecule has 5 nitrogen and oxygen atoms in total. The predicted octanol–water partition coefficient (Wildman–Crippen LogP) is 3.06. The summed E-state index contributed by atoms with van der Waals surface area (Å²) in [7, 11) is -3.76. The Hall–Kier alpha value is -1.42. The second kappa shape index (κ2) is 7.24. The second-order valence-corrected chi connectivity index (χ2v) is 5.29. The fourth-order valence-corrected chi connectivity index (χ4v) is 2.24. The molecule has 1 aromatic carbocycles. The van der Waals surface area contributed by atoms with Gasteiger partial charge >= 0.3 is 13.6 Å². The van der Waals surface area contributed by atoms with Crippen LogP contribution in [0.3, 0.4) is 0 Å². The van der Waals surface area contributed by atoms with Gasteiger partial charge in [-0.2, -0.15) is 0 Å². The van der Waals surface area contributed by atoms with Gasteiger partial charge in [0.25, 0.3) is 0 Å². The van der Waals surface area contributed by atoms with Crippen LogP contribution in [0.4, 0.5) is 0 Å². The van der Waals surface area contributed by atoms with Crippen molar-refractivity contribution < 1.29 is 23.5 Å². The molecule has 0 aromatic heterocycles. The molecule has 0 fully saturated rings. The van der Waals surface area contributed by atoms with E-state index in [9.17, 15) is 14.3 Å². The number of rotatable bonds is 6. The van der Waals surface area contributed by atoms with E-state index in [4.69, 9.17) is 9.26 Å². The largest absolute Gasteiger partial charge is 0.462 e. The first-order valence-electron chi connectivity index (χ1n) is 5.92. The summed E-state index contributed by atoms with van der Waals surface area (Å²) in [6, 6.07) is 6.69. The van der Waals surface area contributed by atoms with Gasteiger partial charge in [0.1, 0.15) is 0 Å². The summed E-state index contributed by atoms with van der Waals surface area (Å²) in [5, 5.41) is 0. The van der Waals surface area contributed by atoms with Crippen molar-refractivity contribution in [1.82, 2.24) is 0 Å². The molecule has 104 valence electrons. The highest BCUT2D eigenvalue weighted by Gasteiger charge is 2.15. The summed E-state index contributed by atoms with van der Waals surface area (Å²) in [5.41, 5.74) is 0.854. The zero-order valence-corrected chi connectivity index (χ0v) is 11.8. The highest BCUT2D eigenvalue weighted by atomic mass is 31.2. The van der Waals surface area contributed by atoms with Crippen LogP contribution in [-0.2, 0) is 13.8 Å². The van der Waals surface area contributed by atoms with Crippen LogP contribution < -0.4 is 0 Å². The van der Waals surface area contributed by atoms with Gasteiger partial charge in [-0.05, 0) is 31.6 Å². The summed E-state index contributed by atoms with van der Waals surface area (Å²) >= 11 is 0. The number of ether oxygens (including phenoxy) is 1. The molecule has 1 unspecified atom stereocenters. The SMILES string of the molecule is CCOC(=O)c1ccccc1C=CP(=O)(O)OCC. The van der Waals surface area contributed by atoms with E-state index in [1.165, 1.54) is 6.08 Å². The Labute approximate surface area is 112 Å². The highest BCUT2D eigenvalue weighted by molar-refractivity contribution is 7.56. The first-order valence-corrected chi connectivity index (χ1v) is 7.57. The Morgan fingerprint density at radius 2 is 2.00 bits per heavy atom.